The zero-order valence-corrected chi connectivity index (χ0v) is 11.8. The fourth-order valence-corrected chi connectivity index (χ4v) is 2.08. The molecule has 112 valence electrons. The lowest BCUT2D eigenvalue weighted by molar-refractivity contribution is -0.121. The van der Waals surface area contributed by atoms with Crippen molar-refractivity contribution >= 4 is 11.6 Å². The van der Waals surface area contributed by atoms with Gasteiger partial charge in [-0.15, -0.1) is 0 Å². The van der Waals surface area contributed by atoms with Crippen LogP contribution in [-0.2, 0) is 11.3 Å². The molecule has 1 aromatic heterocycles. The molecule has 1 heterocycles. The fourth-order valence-electron chi connectivity index (χ4n) is 2.08. The molecule has 4 N–H and O–H groups in total. The molecule has 1 atom stereocenters. The van der Waals surface area contributed by atoms with Crippen LogP contribution in [0.3, 0.4) is 0 Å². The number of rotatable bonds is 8. The van der Waals surface area contributed by atoms with Crippen molar-refractivity contribution in [3.05, 3.63) is 28.7 Å². The SMILES string of the molecule is CCCC(CCO)CNC(=O)Cn1cc(N)ccc1=O. The second-order valence-corrected chi connectivity index (χ2v) is 4.90. The maximum Gasteiger partial charge on any atom is 0.251 e. The van der Waals surface area contributed by atoms with Gasteiger partial charge >= 0.3 is 0 Å². The van der Waals surface area contributed by atoms with Gasteiger partial charge in [0.05, 0.1) is 0 Å². The Morgan fingerprint density at radius 3 is 2.85 bits per heavy atom. The van der Waals surface area contributed by atoms with Gasteiger partial charge in [-0.1, -0.05) is 13.3 Å². The van der Waals surface area contributed by atoms with Gasteiger partial charge in [0.25, 0.3) is 5.56 Å². The number of nitrogens with zero attached hydrogens (tertiary/aromatic N) is 1. The molecule has 0 radical (unpaired) electrons. The van der Waals surface area contributed by atoms with Crippen LogP contribution in [0.4, 0.5) is 5.69 Å². The third-order valence-corrected chi connectivity index (χ3v) is 3.14. The molecule has 1 aromatic rings. The van der Waals surface area contributed by atoms with Crippen LogP contribution in [0, 0.1) is 5.92 Å². The number of carbonyl (C=O) groups is 1. The fraction of sp³-hybridized carbons (Fsp3) is 0.571. The highest BCUT2D eigenvalue weighted by Crippen LogP contribution is 2.09. The molecule has 0 saturated carbocycles. The van der Waals surface area contributed by atoms with E-state index in [2.05, 4.69) is 12.2 Å². The molecular formula is C14H23N3O3. The van der Waals surface area contributed by atoms with E-state index in [9.17, 15) is 9.59 Å². The number of aromatic nitrogens is 1. The van der Waals surface area contributed by atoms with E-state index in [0.29, 0.717) is 18.7 Å². The largest absolute Gasteiger partial charge is 0.398 e. The summed E-state index contributed by atoms with van der Waals surface area (Å²) in [5, 5.41) is 11.8. The molecule has 0 fully saturated rings. The van der Waals surface area contributed by atoms with E-state index in [0.717, 1.165) is 12.8 Å². The molecule has 0 aliphatic heterocycles. The summed E-state index contributed by atoms with van der Waals surface area (Å²) in [6.07, 6.45) is 4.10. The minimum absolute atomic E-state index is 0.0398. The van der Waals surface area contributed by atoms with Crippen LogP contribution in [0.1, 0.15) is 26.2 Å². The van der Waals surface area contributed by atoms with E-state index >= 15 is 0 Å². The van der Waals surface area contributed by atoms with Crippen LogP contribution >= 0.6 is 0 Å². The van der Waals surface area contributed by atoms with Gasteiger partial charge in [0.15, 0.2) is 0 Å². The molecular weight excluding hydrogens is 258 g/mol. The number of carbonyl (C=O) groups excluding carboxylic acids is 1. The van der Waals surface area contributed by atoms with Crippen LogP contribution in [0.5, 0.6) is 0 Å². The van der Waals surface area contributed by atoms with Gasteiger partial charge in [0.2, 0.25) is 5.91 Å². The van der Waals surface area contributed by atoms with Crippen molar-refractivity contribution in [1.82, 2.24) is 9.88 Å². The first-order valence-electron chi connectivity index (χ1n) is 6.90. The van der Waals surface area contributed by atoms with Crippen molar-refractivity contribution in [3.63, 3.8) is 0 Å². The Morgan fingerprint density at radius 1 is 1.45 bits per heavy atom. The monoisotopic (exact) mass is 281 g/mol. The molecule has 1 rings (SSSR count). The van der Waals surface area contributed by atoms with Gasteiger partial charge in [-0.2, -0.15) is 0 Å². The molecule has 0 aliphatic rings. The second kappa shape index (κ2) is 8.37. The zero-order chi connectivity index (χ0) is 15.0. The van der Waals surface area contributed by atoms with Gasteiger partial charge in [-0.3, -0.25) is 9.59 Å². The summed E-state index contributed by atoms with van der Waals surface area (Å²) < 4.78 is 1.28. The van der Waals surface area contributed by atoms with E-state index in [1.807, 2.05) is 0 Å². The zero-order valence-electron chi connectivity index (χ0n) is 11.8. The molecule has 1 amide bonds. The van der Waals surface area contributed by atoms with Crippen molar-refractivity contribution in [3.8, 4) is 0 Å². The lowest BCUT2D eigenvalue weighted by atomic mass is 10.0. The van der Waals surface area contributed by atoms with Crippen molar-refractivity contribution in [2.45, 2.75) is 32.7 Å². The van der Waals surface area contributed by atoms with Gasteiger partial charge in [-0.25, -0.2) is 0 Å². The Bertz CT molecular complexity index is 479. The van der Waals surface area contributed by atoms with Crippen molar-refractivity contribution < 1.29 is 9.90 Å². The molecule has 6 heteroatoms. The molecule has 20 heavy (non-hydrogen) atoms. The predicted octanol–water partition coefficient (Wildman–Crippen LogP) is 0.345. The minimum Gasteiger partial charge on any atom is -0.398 e. The summed E-state index contributed by atoms with van der Waals surface area (Å²) in [5.74, 6) is 0.0447. The molecule has 0 aromatic carbocycles. The number of hydrogen-bond donors (Lipinski definition) is 3. The summed E-state index contributed by atoms with van der Waals surface area (Å²) in [4.78, 5) is 23.4. The number of anilines is 1. The van der Waals surface area contributed by atoms with E-state index < -0.39 is 0 Å². The average Bonchev–Trinajstić information content (AvgIpc) is 2.41. The van der Waals surface area contributed by atoms with Gasteiger partial charge in [0.1, 0.15) is 6.54 Å². The topological polar surface area (TPSA) is 97.3 Å². The van der Waals surface area contributed by atoms with Gasteiger partial charge < -0.3 is 20.7 Å². The van der Waals surface area contributed by atoms with Crippen LogP contribution < -0.4 is 16.6 Å². The van der Waals surface area contributed by atoms with Crippen LogP contribution in [0.25, 0.3) is 0 Å². The second-order valence-electron chi connectivity index (χ2n) is 4.90. The number of nitrogens with two attached hydrogens (primary N) is 1. The number of amides is 1. The number of aliphatic hydroxyl groups is 1. The van der Waals surface area contributed by atoms with Crippen LogP contribution in [0.15, 0.2) is 23.1 Å². The van der Waals surface area contributed by atoms with Crippen LogP contribution in [-0.4, -0.2) is 28.7 Å². The minimum atomic E-state index is -0.255. The number of pyridine rings is 1. The molecule has 0 saturated heterocycles. The number of hydrogen-bond acceptors (Lipinski definition) is 4. The first kappa shape index (κ1) is 16.2. The first-order valence-corrected chi connectivity index (χ1v) is 6.90. The highest BCUT2D eigenvalue weighted by atomic mass is 16.3. The van der Waals surface area contributed by atoms with Crippen molar-refractivity contribution in [1.29, 1.82) is 0 Å². The quantitative estimate of drug-likeness (QED) is 0.640. The average molecular weight is 281 g/mol. The molecule has 0 spiro atoms. The Kier molecular flexibility index (Phi) is 6.79. The molecule has 0 aliphatic carbocycles. The van der Waals surface area contributed by atoms with E-state index in [1.165, 1.54) is 22.9 Å². The lowest BCUT2D eigenvalue weighted by Gasteiger charge is -2.16. The Hall–Kier alpha value is -1.82. The highest BCUT2D eigenvalue weighted by molar-refractivity contribution is 5.75. The Morgan fingerprint density at radius 2 is 2.20 bits per heavy atom. The van der Waals surface area contributed by atoms with E-state index in [-0.39, 0.29) is 30.5 Å². The Balaban J connectivity index is 2.50. The van der Waals surface area contributed by atoms with E-state index in [4.69, 9.17) is 10.8 Å². The van der Waals surface area contributed by atoms with Gasteiger partial charge in [-0.05, 0) is 24.8 Å². The summed E-state index contributed by atoms with van der Waals surface area (Å²) in [5.41, 5.74) is 5.78. The van der Waals surface area contributed by atoms with Crippen molar-refractivity contribution in [2.24, 2.45) is 5.92 Å². The van der Waals surface area contributed by atoms with Gasteiger partial charge in [0, 0.05) is 31.1 Å². The first-order chi connectivity index (χ1) is 9.56. The maximum absolute atomic E-state index is 11.8. The predicted molar refractivity (Wildman–Crippen MR) is 78.2 cm³/mol. The maximum atomic E-state index is 11.8. The van der Waals surface area contributed by atoms with E-state index in [1.54, 1.807) is 0 Å². The summed E-state index contributed by atoms with van der Waals surface area (Å²) in [6.45, 7) is 2.67. The molecule has 6 nitrogen and oxygen atoms in total. The number of aliphatic hydroxyl groups excluding tert-OH is 1. The normalized spacial score (nSPS) is 12.1. The number of nitrogen functional groups attached to an aromatic ring is 1. The lowest BCUT2D eigenvalue weighted by Crippen LogP contribution is -2.35. The standard InChI is InChI=1S/C14H23N3O3/c1-2-3-11(6-7-18)8-16-13(19)10-17-9-12(15)4-5-14(17)20/h4-5,9,11,18H,2-3,6-8,10,15H2,1H3,(H,16,19). The van der Waals surface area contributed by atoms with Crippen molar-refractivity contribution in [2.75, 3.05) is 18.9 Å². The summed E-state index contributed by atoms with van der Waals surface area (Å²) in [7, 11) is 0. The number of nitrogens with one attached hydrogen (secondary N) is 1. The molecule has 1 unspecified atom stereocenters. The third-order valence-electron chi connectivity index (χ3n) is 3.14. The smallest absolute Gasteiger partial charge is 0.251 e. The van der Waals surface area contributed by atoms with Crippen LogP contribution in [0.2, 0.25) is 0 Å². The molecule has 0 bridgehead atoms. The summed E-state index contributed by atoms with van der Waals surface area (Å²) >= 11 is 0. The third kappa shape index (κ3) is 5.44. The Labute approximate surface area is 118 Å². The summed E-state index contributed by atoms with van der Waals surface area (Å²) in [6, 6.07) is 2.85. The highest BCUT2D eigenvalue weighted by Gasteiger charge is 2.10.